The van der Waals surface area contributed by atoms with Crippen molar-refractivity contribution in [1.29, 1.82) is 0 Å². The number of hydrogen-bond donors (Lipinski definition) is 1. The number of rotatable bonds is 2. The van der Waals surface area contributed by atoms with Crippen molar-refractivity contribution in [1.82, 2.24) is 5.32 Å². The van der Waals surface area contributed by atoms with Crippen molar-refractivity contribution < 1.29 is 14.4 Å². The van der Waals surface area contributed by atoms with Crippen LogP contribution in [0.4, 0.5) is 5.69 Å². The van der Waals surface area contributed by atoms with Gasteiger partial charge in [-0.3, -0.25) is 19.7 Å². The van der Waals surface area contributed by atoms with Gasteiger partial charge >= 0.3 is 0 Å². The number of Topliss-reactive ketones (excluding diaryl/α,β-unsaturated/α-hetero) is 1. The molecule has 0 aliphatic carbocycles. The normalized spacial score (nSPS) is 27.3. The minimum absolute atomic E-state index is 0.175. The Kier molecular flexibility index (Phi) is 3.96. The van der Waals surface area contributed by atoms with Gasteiger partial charge in [0.15, 0.2) is 5.78 Å². The van der Waals surface area contributed by atoms with Crippen LogP contribution in [0.25, 0.3) is 6.08 Å². The number of carbonyl (C=O) groups is 3. The molecule has 2 fully saturated rings. The predicted molar refractivity (Wildman–Crippen MR) is 109 cm³/mol. The molecular weight excluding hydrogens is 444 g/mol. The first kappa shape index (κ1) is 17.6. The molecule has 4 unspecified atom stereocenters. The second-order valence-corrected chi connectivity index (χ2v) is 8.53. The van der Waals surface area contributed by atoms with E-state index >= 15 is 0 Å². The number of fused-ring (bicyclic) bond motifs is 5. The van der Waals surface area contributed by atoms with E-state index in [1.807, 2.05) is 29.2 Å². The Morgan fingerprint density at radius 3 is 2.50 bits per heavy atom. The Labute approximate surface area is 174 Å². The van der Waals surface area contributed by atoms with Gasteiger partial charge in [0.2, 0.25) is 11.8 Å². The zero-order valence-corrected chi connectivity index (χ0v) is 16.8. The van der Waals surface area contributed by atoms with E-state index in [1.54, 1.807) is 30.3 Å². The summed E-state index contributed by atoms with van der Waals surface area (Å²) in [4.78, 5) is 40.5. The maximum atomic E-state index is 13.5. The highest BCUT2D eigenvalue weighted by Gasteiger charge is 2.61. The molecule has 2 aromatic rings. The molecule has 1 N–H and O–H groups in total. The molecule has 0 aromatic heterocycles. The number of imide groups is 1. The molecule has 2 amide bonds. The monoisotopic (exact) mass is 456 g/mol. The Bertz CT molecular complexity index is 1070. The maximum Gasteiger partial charge on any atom is 0.233 e. The first-order valence-corrected chi connectivity index (χ1v) is 10.0. The van der Waals surface area contributed by atoms with Gasteiger partial charge in [0, 0.05) is 20.7 Å². The van der Waals surface area contributed by atoms with Gasteiger partial charge in [-0.1, -0.05) is 51.8 Å². The van der Waals surface area contributed by atoms with E-state index in [-0.39, 0.29) is 23.6 Å². The average Bonchev–Trinajstić information content (AvgIpc) is 3.17. The number of nitrogens with zero attached hydrogens (tertiary/aromatic N) is 1. The molecule has 28 heavy (non-hydrogen) atoms. The van der Waals surface area contributed by atoms with E-state index < -0.39 is 17.9 Å². The van der Waals surface area contributed by atoms with E-state index in [2.05, 4.69) is 21.2 Å². The highest BCUT2D eigenvalue weighted by Crippen LogP contribution is 2.47. The Morgan fingerprint density at radius 1 is 1.04 bits per heavy atom. The lowest BCUT2D eigenvalue weighted by atomic mass is 9.86. The molecule has 0 spiro atoms. The lowest BCUT2D eigenvalue weighted by molar-refractivity contribution is -0.126. The second-order valence-electron chi connectivity index (χ2n) is 7.18. The first-order valence-electron chi connectivity index (χ1n) is 8.86. The van der Waals surface area contributed by atoms with E-state index in [0.717, 1.165) is 15.7 Å². The van der Waals surface area contributed by atoms with Crippen molar-refractivity contribution in [3.63, 3.8) is 0 Å². The largest absolute Gasteiger partial charge is 0.352 e. The molecule has 2 aromatic carbocycles. The van der Waals surface area contributed by atoms with Crippen molar-refractivity contribution in [2.45, 2.75) is 12.1 Å². The zero-order chi connectivity index (χ0) is 19.6. The number of ketones is 1. The van der Waals surface area contributed by atoms with Crippen molar-refractivity contribution in [2.24, 2.45) is 11.8 Å². The Balaban J connectivity index is 1.66. The SMILES string of the molecule is O=C1NC(=O)C2C1C1C=Cc3cc(Cl)ccc3N1C2C(=O)c1ccc(Br)cc1. The third kappa shape index (κ3) is 2.48. The smallest absolute Gasteiger partial charge is 0.233 e. The van der Waals surface area contributed by atoms with Gasteiger partial charge < -0.3 is 4.90 Å². The van der Waals surface area contributed by atoms with Gasteiger partial charge in [-0.25, -0.2) is 0 Å². The quantitative estimate of drug-likeness (QED) is 0.554. The predicted octanol–water partition coefficient (Wildman–Crippen LogP) is 3.46. The molecule has 2 saturated heterocycles. The molecular formula is C21H14BrClN2O3. The number of amides is 2. The minimum Gasteiger partial charge on any atom is -0.352 e. The Morgan fingerprint density at radius 2 is 1.75 bits per heavy atom. The molecule has 7 heteroatoms. The number of nitrogens with one attached hydrogen (secondary N) is 1. The zero-order valence-electron chi connectivity index (χ0n) is 14.4. The van der Waals surface area contributed by atoms with Gasteiger partial charge in [0.05, 0.1) is 17.9 Å². The summed E-state index contributed by atoms with van der Waals surface area (Å²) in [6.07, 6.45) is 3.80. The van der Waals surface area contributed by atoms with Crippen LogP contribution in [0.2, 0.25) is 5.02 Å². The molecule has 5 rings (SSSR count). The number of benzene rings is 2. The van der Waals surface area contributed by atoms with Crippen LogP contribution >= 0.6 is 27.5 Å². The van der Waals surface area contributed by atoms with Gasteiger partial charge in [0.1, 0.15) is 6.04 Å². The lowest BCUT2D eigenvalue weighted by Gasteiger charge is -2.35. The first-order chi connectivity index (χ1) is 13.5. The highest BCUT2D eigenvalue weighted by atomic mass is 79.9. The topological polar surface area (TPSA) is 66.5 Å². The van der Waals surface area contributed by atoms with Crippen molar-refractivity contribution >= 4 is 56.9 Å². The van der Waals surface area contributed by atoms with Crippen molar-refractivity contribution in [3.05, 3.63) is 69.2 Å². The van der Waals surface area contributed by atoms with Gasteiger partial charge in [0.25, 0.3) is 0 Å². The molecule has 4 atom stereocenters. The van der Waals surface area contributed by atoms with Crippen LogP contribution in [0.5, 0.6) is 0 Å². The molecule has 3 aliphatic rings. The number of halogens is 2. The van der Waals surface area contributed by atoms with Gasteiger partial charge in [-0.2, -0.15) is 0 Å². The van der Waals surface area contributed by atoms with Crippen LogP contribution in [-0.4, -0.2) is 29.7 Å². The van der Waals surface area contributed by atoms with Crippen LogP contribution in [0, 0.1) is 11.8 Å². The fraction of sp³-hybridized carbons (Fsp3) is 0.190. The summed E-state index contributed by atoms with van der Waals surface area (Å²) in [5.41, 5.74) is 2.18. The van der Waals surface area contributed by atoms with Crippen LogP contribution in [0.15, 0.2) is 53.0 Å². The van der Waals surface area contributed by atoms with Crippen molar-refractivity contribution in [2.75, 3.05) is 4.90 Å². The Hall–Kier alpha value is -2.44. The van der Waals surface area contributed by atoms with Crippen LogP contribution in [-0.2, 0) is 9.59 Å². The number of anilines is 1. The molecule has 3 aliphatic heterocycles. The second kappa shape index (κ2) is 6.29. The number of carbonyl (C=O) groups excluding carboxylic acids is 3. The molecule has 140 valence electrons. The number of hydrogen-bond acceptors (Lipinski definition) is 4. The summed E-state index contributed by atoms with van der Waals surface area (Å²) in [6, 6.07) is 11.4. The summed E-state index contributed by atoms with van der Waals surface area (Å²) in [6.45, 7) is 0. The van der Waals surface area contributed by atoms with Gasteiger partial charge in [-0.05, 0) is 35.9 Å². The highest BCUT2D eigenvalue weighted by molar-refractivity contribution is 9.10. The molecule has 0 saturated carbocycles. The molecule has 5 nitrogen and oxygen atoms in total. The summed E-state index contributed by atoms with van der Waals surface area (Å²) in [7, 11) is 0. The standard InChI is InChI=1S/C21H14BrClN2O3/c22-12-4-1-10(2-5-12)19(26)18-17-16(20(27)24-21(17)28)15-7-3-11-9-13(23)6-8-14(11)25(15)18/h1-9,15-18H,(H,24,27,28). The minimum atomic E-state index is -0.757. The summed E-state index contributed by atoms with van der Waals surface area (Å²) in [5.74, 6) is -2.19. The fourth-order valence-electron chi connectivity index (χ4n) is 4.55. The molecule has 0 radical (unpaired) electrons. The van der Waals surface area contributed by atoms with E-state index in [1.165, 1.54) is 0 Å². The molecule has 0 bridgehead atoms. The third-order valence-electron chi connectivity index (χ3n) is 5.71. The summed E-state index contributed by atoms with van der Waals surface area (Å²) < 4.78 is 0.862. The summed E-state index contributed by atoms with van der Waals surface area (Å²) in [5, 5.41) is 3.00. The third-order valence-corrected chi connectivity index (χ3v) is 6.47. The lowest BCUT2D eigenvalue weighted by Crippen LogP contribution is -2.47. The molecule has 3 heterocycles. The van der Waals surface area contributed by atoms with Crippen LogP contribution in [0.1, 0.15) is 15.9 Å². The van der Waals surface area contributed by atoms with E-state index in [0.29, 0.717) is 10.6 Å². The summed E-state index contributed by atoms with van der Waals surface area (Å²) >= 11 is 9.50. The van der Waals surface area contributed by atoms with Crippen LogP contribution in [0.3, 0.4) is 0 Å². The van der Waals surface area contributed by atoms with Gasteiger partial charge in [-0.15, -0.1) is 0 Å². The van der Waals surface area contributed by atoms with E-state index in [9.17, 15) is 14.4 Å². The van der Waals surface area contributed by atoms with E-state index in [4.69, 9.17) is 11.6 Å². The van der Waals surface area contributed by atoms with Crippen LogP contribution < -0.4 is 10.2 Å². The maximum absolute atomic E-state index is 13.5. The van der Waals surface area contributed by atoms with Crippen molar-refractivity contribution in [3.8, 4) is 0 Å². The average molecular weight is 458 g/mol. The fourth-order valence-corrected chi connectivity index (χ4v) is 4.99.